The summed E-state index contributed by atoms with van der Waals surface area (Å²) < 4.78 is 13.0. The highest BCUT2D eigenvalue weighted by molar-refractivity contribution is 7.13. The minimum atomic E-state index is -0.374. The third-order valence-electron chi connectivity index (χ3n) is 4.02. The zero-order valence-corrected chi connectivity index (χ0v) is 14.1. The number of thiazole rings is 1. The highest BCUT2D eigenvalue weighted by Gasteiger charge is 2.29. The van der Waals surface area contributed by atoms with E-state index in [1.807, 2.05) is 12.3 Å². The highest BCUT2D eigenvalue weighted by atomic mass is 32.1. The molecule has 126 valence electrons. The van der Waals surface area contributed by atoms with Gasteiger partial charge in [0.25, 0.3) is 5.91 Å². The summed E-state index contributed by atoms with van der Waals surface area (Å²) in [6.07, 6.45) is 1.51. The second-order valence-corrected chi connectivity index (χ2v) is 6.74. The molecule has 24 heavy (non-hydrogen) atoms. The lowest BCUT2D eigenvalue weighted by atomic mass is 9.96. The van der Waals surface area contributed by atoms with Crippen LogP contribution in [-0.4, -0.2) is 34.8 Å². The van der Waals surface area contributed by atoms with Gasteiger partial charge in [-0.05, 0) is 44.0 Å². The van der Waals surface area contributed by atoms with E-state index in [-0.39, 0.29) is 23.5 Å². The van der Waals surface area contributed by atoms with E-state index in [2.05, 4.69) is 10.3 Å². The molecule has 0 bridgehead atoms. The highest BCUT2D eigenvalue weighted by Crippen LogP contribution is 2.22. The fourth-order valence-corrected chi connectivity index (χ4v) is 3.46. The number of piperidine rings is 1. The second-order valence-electron chi connectivity index (χ2n) is 5.88. The van der Waals surface area contributed by atoms with Crippen molar-refractivity contribution in [3.8, 4) is 0 Å². The van der Waals surface area contributed by atoms with Crippen LogP contribution in [0.2, 0.25) is 0 Å². The van der Waals surface area contributed by atoms with E-state index < -0.39 is 0 Å². The molecule has 1 aliphatic heterocycles. The molecule has 0 saturated carbocycles. The van der Waals surface area contributed by atoms with Crippen LogP contribution in [0.5, 0.6) is 0 Å². The Morgan fingerprint density at radius 1 is 1.33 bits per heavy atom. The van der Waals surface area contributed by atoms with E-state index in [1.54, 1.807) is 4.90 Å². The Labute approximate surface area is 143 Å². The molecule has 1 fully saturated rings. The van der Waals surface area contributed by atoms with E-state index in [0.717, 1.165) is 18.5 Å². The maximum Gasteiger partial charge on any atom is 0.253 e. The largest absolute Gasteiger partial charge is 0.338 e. The molecule has 1 aromatic heterocycles. The topological polar surface area (TPSA) is 62.3 Å². The van der Waals surface area contributed by atoms with Crippen molar-refractivity contribution < 1.29 is 14.0 Å². The molecule has 2 amide bonds. The predicted octanol–water partition coefficient (Wildman–Crippen LogP) is 3.08. The molecular weight excluding hydrogens is 329 g/mol. The van der Waals surface area contributed by atoms with Crippen LogP contribution in [0.15, 0.2) is 29.6 Å². The van der Waals surface area contributed by atoms with Crippen LogP contribution in [0.4, 0.5) is 9.52 Å². The van der Waals surface area contributed by atoms with Gasteiger partial charge in [0, 0.05) is 24.0 Å². The van der Waals surface area contributed by atoms with Crippen LogP contribution in [0.25, 0.3) is 0 Å². The van der Waals surface area contributed by atoms with Gasteiger partial charge in [0.15, 0.2) is 5.13 Å². The molecule has 7 heteroatoms. The Kier molecular flexibility index (Phi) is 4.89. The summed E-state index contributed by atoms with van der Waals surface area (Å²) in [5.41, 5.74) is 1.31. The SMILES string of the molecule is Cc1csc(NC(=O)C2CCCN(C(=O)c3ccc(F)cc3)C2)n1. The second kappa shape index (κ2) is 7.09. The number of nitrogens with zero attached hydrogens (tertiary/aromatic N) is 2. The smallest absolute Gasteiger partial charge is 0.253 e. The van der Waals surface area contributed by atoms with Crippen LogP contribution in [0.1, 0.15) is 28.9 Å². The van der Waals surface area contributed by atoms with E-state index in [9.17, 15) is 14.0 Å². The molecule has 0 radical (unpaired) electrons. The summed E-state index contributed by atoms with van der Waals surface area (Å²) in [4.78, 5) is 30.8. The number of hydrogen-bond donors (Lipinski definition) is 1. The lowest BCUT2D eigenvalue weighted by Crippen LogP contribution is -2.43. The molecule has 0 spiro atoms. The summed E-state index contributed by atoms with van der Waals surface area (Å²) >= 11 is 1.39. The number of rotatable bonds is 3. The number of nitrogens with one attached hydrogen (secondary N) is 1. The zero-order chi connectivity index (χ0) is 17.1. The molecule has 1 N–H and O–H groups in total. The van der Waals surface area contributed by atoms with Crippen molar-refractivity contribution >= 4 is 28.3 Å². The summed E-state index contributed by atoms with van der Waals surface area (Å²) in [6, 6.07) is 5.48. The van der Waals surface area contributed by atoms with Gasteiger partial charge in [-0.3, -0.25) is 9.59 Å². The normalized spacial score (nSPS) is 17.6. The first-order valence-corrected chi connectivity index (χ1v) is 8.69. The molecular formula is C17H18FN3O2S. The Morgan fingerprint density at radius 3 is 2.75 bits per heavy atom. The van der Waals surface area contributed by atoms with Crippen molar-refractivity contribution in [1.29, 1.82) is 0 Å². The van der Waals surface area contributed by atoms with Crippen molar-refractivity contribution in [2.75, 3.05) is 18.4 Å². The van der Waals surface area contributed by atoms with E-state index in [4.69, 9.17) is 0 Å². The standard InChI is InChI=1S/C17H18FN3O2S/c1-11-10-24-17(19-11)20-15(22)13-3-2-8-21(9-13)16(23)12-4-6-14(18)7-5-12/h4-7,10,13H,2-3,8-9H2,1H3,(H,19,20,22). The Morgan fingerprint density at radius 2 is 2.08 bits per heavy atom. The first kappa shape index (κ1) is 16.6. The number of aryl methyl sites for hydroxylation is 1. The molecule has 3 rings (SSSR count). The Balaban J connectivity index is 1.64. The average molecular weight is 347 g/mol. The number of carbonyl (C=O) groups is 2. The van der Waals surface area contributed by atoms with Crippen molar-refractivity contribution in [3.63, 3.8) is 0 Å². The number of carbonyl (C=O) groups excluding carboxylic acids is 2. The maximum absolute atomic E-state index is 13.0. The van der Waals surface area contributed by atoms with Gasteiger partial charge in [0.05, 0.1) is 11.6 Å². The molecule has 0 aliphatic carbocycles. The number of amides is 2. The van der Waals surface area contributed by atoms with E-state index in [0.29, 0.717) is 23.8 Å². The lowest BCUT2D eigenvalue weighted by Gasteiger charge is -2.32. The summed E-state index contributed by atoms with van der Waals surface area (Å²) in [5.74, 6) is -0.910. The van der Waals surface area contributed by atoms with Gasteiger partial charge in [-0.1, -0.05) is 0 Å². The molecule has 1 atom stereocenters. The third kappa shape index (κ3) is 3.79. The number of aromatic nitrogens is 1. The van der Waals surface area contributed by atoms with Crippen molar-refractivity contribution in [2.24, 2.45) is 5.92 Å². The summed E-state index contributed by atoms with van der Waals surface area (Å²) in [6.45, 7) is 2.85. The summed E-state index contributed by atoms with van der Waals surface area (Å²) in [7, 11) is 0. The monoisotopic (exact) mass is 347 g/mol. The van der Waals surface area contributed by atoms with Gasteiger partial charge in [-0.15, -0.1) is 11.3 Å². The van der Waals surface area contributed by atoms with Crippen molar-refractivity contribution in [1.82, 2.24) is 9.88 Å². The Bertz CT molecular complexity index is 745. The number of benzene rings is 1. The number of anilines is 1. The first-order valence-electron chi connectivity index (χ1n) is 7.81. The molecule has 1 saturated heterocycles. The lowest BCUT2D eigenvalue weighted by molar-refractivity contribution is -0.121. The molecule has 2 aromatic rings. The molecule has 1 aromatic carbocycles. The maximum atomic E-state index is 13.0. The van der Waals surface area contributed by atoms with Crippen LogP contribution < -0.4 is 5.32 Å². The summed E-state index contributed by atoms with van der Waals surface area (Å²) in [5, 5.41) is 5.28. The third-order valence-corrected chi connectivity index (χ3v) is 4.90. The van der Waals surface area contributed by atoms with Crippen LogP contribution >= 0.6 is 11.3 Å². The Hall–Kier alpha value is -2.28. The molecule has 1 aliphatic rings. The van der Waals surface area contributed by atoms with E-state index >= 15 is 0 Å². The first-order chi connectivity index (χ1) is 11.5. The molecule has 5 nitrogen and oxygen atoms in total. The minimum Gasteiger partial charge on any atom is -0.338 e. The van der Waals surface area contributed by atoms with E-state index in [1.165, 1.54) is 35.6 Å². The number of likely N-dealkylation sites (tertiary alicyclic amines) is 1. The molecule has 2 heterocycles. The van der Waals surface area contributed by atoms with Crippen molar-refractivity contribution in [3.05, 3.63) is 46.7 Å². The molecule has 1 unspecified atom stereocenters. The van der Waals surface area contributed by atoms with Gasteiger partial charge in [-0.25, -0.2) is 9.37 Å². The quantitative estimate of drug-likeness (QED) is 0.928. The van der Waals surface area contributed by atoms with Gasteiger partial charge >= 0.3 is 0 Å². The van der Waals surface area contributed by atoms with Crippen LogP contribution in [0, 0.1) is 18.7 Å². The van der Waals surface area contributed by atoms with Crippen LogP contribution in [-0.2, 0) is 4.79 Å². The van der Waals surface area contributed by atoms with Gasteiger partial charge in [0.1, 0.15) is 5.82 Å². The zero-order valence-electron chi connectivity index (χ0n) is 13.3. The minimum absolute atomic E-state index is 0.110. The number of halogens is 1. The van der Waals surface area contributed by atoms with Crippen LogP contribution in [0.3, 0.4) is 0 Å². The average Bonchev–Trinajstić information content (AvgIpc) is 3.00. The van der Waals surface area contributed by atoms with Gasteiger partial charge in [0.2, 0.25) is 5.91 Å². The van der Waals surface area contributed by atoms with Gasteiger partial charge in [-0.2, -0.15) is 0 Å². The fraction of sp³-hybridized carbons (Fsp3) is 0.353. The fourth-order valence-electron chi connectivity index (χ4n) is 2.77. The van der Waals surface area contributed by atoms with Crippen molar-refractivity contribution in [2.45, 2.75) is 19.8 Å². The number of hydrogen-bond acceptors (Lipinski definition) is 4. The predicted molar refractivity (Wildman–Crippen MR) is 90.5 cm³/mol. The van der Waals surface area contributed by atoms with Gasteiger partial charge < -0.3 is 10.2 Å².